The fourth-order valence-corrected chi connectivity index (χ4v) is 3.80. The van der Waals surface area contributed by atoms with Gasteiger partial charge in [-0.2, -0.15) is 0 Å². The summed E-state index contributed by atoms with van der Waals surface area (Å²) in [5, 5.41) is 2.79. The molecule has 170 valence electrons. The van der Waals surface area contributed by atoms with Gasteiger partial charge >= 0.3 is 0 Å². The second-order valence-electron chi connectivity index (χ2n) is 7.85. The Morgan fingerprint density at radius 3 is 2.73 bits per heavy atom. The van der Waals surface area contributed by atoms with Crippen LogP contribution in [-0.4, -0.2) is 29.9 Å². The Morgan fingerprint density at radius 1 is 1.15 bits per heavy atom. The number of hydrogen-bond acceptors (Lipinski definition) is 4. The molecule has 0 saturated carbocycles. The van der Waals surface area contributed by atoms with Gasteiger partial charge in [-0.25, -0.2) is 4.39 Å². The molecule has 0 aliphatic carbocycles. The number of benzene rings is 3. The first-order chi connectivity index (χ1) is 16.0. The van der Waals surface area contributed by atoms with Crippen LogP contribution < -0.4 is 14.8 Å². The number of anilines is 1. The average Bonchev–Trinajstić information content (AvgIpc) is 2.95. The summed E-state index contributed by atoms with van der Waals surface area (Å²) in [6.07, 6.45) is -0.0603. The van der Waals surface area contributed by atoms with Gasteiger partial charge in [-0.05, 0) is 60.5 Å². The molecule has 0 radical (unpaired) electrons. The van der Waals surface area contributed by atoms with E-state index in [-0.39, 0.29) is 11.5 Å². The summed E-state index contributed by atoms with van der Waals surface area (Å²) >= 11 is 0. The van der Waals surface area contributed by atoms with E-state index in [4.69, 9.17) is 9.47 Å². The fraction of sp³-hybridized carbons (Fsp3) is 0.231. The summed E-state index contributed by atoms with van der Waals surface area (Å²) in [6, 6.07) is 18.3. The van der Waals surface area contributed by atoms with E-state index in [1.165, 1.54) is 18.2 Å². The van der Waals surface area contributed by atoms with Crippen molar-refractivity contribution >= 4 is 17.5 Å². The maximum absolute atomic E-state index is 13.5. The quantitative estimate of drug-likeness (QED) is 0.589. The molecule has 0 saturated heterocycles. The minimum absolute atomic E-state index is 0.0955. The number of carbonyl (C=O) groups excluding carboxylic acids is 2. The van der Waals surface area contributed by atoms with Crippen LogP contribution in [0.1, 0.15) is 34.8 Å². The Morgan fingerprint density at radius 2 is 1.97 bits per heavy atom. The predicted octanol–water partition coefficient (Wildman–Crippen LogP) is 4.79. The third kappa shape index (κ3) is 5.14. The minimum Gasteiger partial charge on any atom is -0.497 e. The number of ether oxygens (including phenoxy) is 2. The highest BCUT2D eigenvalue weighted by molar-refractivity contribution is 6.04. The summed E-state index contributed by atoms with van der Waals surface area (Å²) in [6.45, 7) is 2.63. The van der Waals surface area contributed by atoms with Crippen molar-refractivity contribution in [1.29, 1.82) is 0 Å². The fourth-order valence-electron chi connectivity index (χ4n) is 3.80. The molecule has 7 heteroatoms. The van der Waals surface area contributed by atoms with Crippen molar-refractivity contribution < 1.29 is 23.5 Å². The van der Waals surface area contributed by atoms with Crippen LogP contribution in [0.15, 0.2) is 66.7 Å². The SMILES string of the molecule is CC[C@H]1Oc2ccc(NC(=O)c3cccc(F)c3)cc2CN(Cc2cccc(OC)c2)C1=O. The van der Waals surface area contributed by atoms with E-state index in [1.54, 1.807) is 36.3 Å². The Labute approximate surface area is 191 Å². The Hall–Kier alpha value is -3.87. The summed E-state index contributed by atoms with van der Waals surface area (Å²) in [7, 11) is 1.60. The smallest absolute Gasteiger partial charge is 0.264 e. The normalized spacial score (nSPS) is 15.3. The van der Waals surface area contributed by atoms with Gasteiger partial charge in [0.2, 0.25) is 0 Å². The van der Waals surface area contributed by atoms with Crippen LogP contribution in [0.25, 0.3) is 0 Å². The van der Waals surface area contributed by atoms with Gasteiger partial charge in [0.1, 0.15) is 17.3 Å². The van der Waals surface area contributed by atoms with Crippen molar-refractivity contribution in [1.82, 2.24) is 4.90 Å². The largest absolute Gasteiger partial charge is 0.497 e. The monoisotopic (exact) mass is 448 g/mol. The van der Waals surface area contributed by atoms with Crippen LogP contribution in [0.3, 0.4) is 0 Å². The number of carbonyl (C=O) groups is 2. The van der Waals surface area contributed by atoms with E-state index >= 15 is 0 Å². The lowest BCUT2D eigenvalue weighted by Crippen LogP contribution is -2.38. The van der Waals surface area contributed by atoms with Gasteiger partial charge in [-0.3, -0.25) is 9.59 Å². The van der Waals surface area contributed by atoms with E-state index < -0.39 is 17.8 Å². The van der Waals surface area contributed by atoms with Gasteiger partial charge < -0.3 is 19.7 Å². The lowest BCUT2D eigenvalue weighted by molar-refractivity contribution is -0.139. The predicted molar refractivity (Wildman–Crippen MR) is 123 cm³/mol. The molecule has 6 nitrogen and oxygen atoms in total. The molecule has 1 aliphatic heterocycles. The molecule has 3 aromatic carbocycles. The summed E-state index contributed by atoms with van der Waals surface area (Å²) in [4.78, 5) is 27.4. The molecule has 0 unspecified atom stereocenters. The number of fused-ring (bicyclic) bond motifs is 1. The van der Waals surface area contributed by atoms with Crippen LogP contribution in [0.2, 0.25) is 0 Å². The number of amides is 2. The molecule has 1 heterocycles. The number of nitrogens with one attached hydrogen (secondary N) is 1. The van der Waals surface area contributed by atoms with Crippen molar-refractivity contribution in [2.24, 2.45) is 0 Å². The number of methoxy groups -OCH3 is 1. The average molecular weight is 448 g/mol. The van der Waals surface area contributed by atoms with Gasteiger partial charge in [-0.1, -0.05) is 25.1 Å². The van der Waals surface area contributed by atoms with Gasteiger partial charge in [0.05, 0.1) is 7.11 Å². The number of rotatable bonds is 6. The highest BCUT2D eigenvalue weighted by atomic mass is 19.1. The second-order valence-corrected chi connectivity index (χ2v) is 7.85. The Balaban J connectivity index is 1.59. The maximum Gasteiger partial charge on any atom is 0.264 e. The molecule has 1 aliphatic rings. The molecule has 4 rings (SSSR count). The van der Waals surface area contributed by atoms with Gasteiger partial charge in [0.25, 0.3) is 11.8 Å². The third-order valence-corrected chi connectivity index (χ3v) is 5.50. The van der Waals surface area contributed by atoms with Crippen LogP contribution in [0.4, 0.5) is 10.1 Å². The minimum atomic E-state index is -0.593. The first-order valence-electron chi connectivity index (χ1n) is 10.7. The van der Waals surface area contributed by atoms with E-state index in [0.29, 0.717) is 30.9 Å². The Bertz CT molecular complexity index is 1180. The molecule has 0 spiro atoms. The van der Waals surface area contributed by atoms with E-state index in [2.05, 4.69) is 5.32 Å². The lowest BCUT2D eigenvalue weighted by Gasteiger charge is -2.23. The highest BCUT2D eigenvalue weighted by Gasteiger charge is 2.30. The molecule has 1 N–H and O–H groups in total. The molecule has 33 heavy (non-hydrogen) atoms. The molecule has 1 atom stereocenters. The second kappa shape index (κ2) is 9.73. The molecule has 2 amide bonds. The number of hydrogen-bond donors (Lipinski definition) is 1. The molecular formula is C26H25FN2O4. The molecule has 0 aromatic heterocycles. The zero-order valence-electron chi connectivity index (χ0n) is 18.5. The van der Waals surface area contributed by atoms with Crippen molar-refractivity contribution in [2.75, 3.05) is 12.4 Å². The zero-order chi connectivity index (χ0) is 23.4. The van der Waals surface area contributed by atoms with Crippen molar-refractivity contribution in [3.8, 4) is 11.5 Å². The van der Waals surface area contributed by atoms with Crippen LogP contribution >= 0.6 is 0 Å². The lowest BCUT2D eigenvalue weighted by atomic mass is 10.1. The summed E-state index contributed by atoms with van der Waals surface area (Å²) in [5.41, 5.74) is 2.48. The summed E-state index contributed by atoms with van der Waals surface area (Å²) < 4.78 is 24.8. The molecule has 3 aromatic rings. The van der Waals surface area contributed by atoms with Crippen LogP contribution in [0.5, 0.6) is 11.5 Å². The van der Waals surface area contributed by atoms with E-state index in [1.807, 2.05) is 31.2 Å². The van der Waals surface area contributed by atoms with Crippen LogP contribution in [0, 0.1) is 5.82 Å². The topological polar surface area (TPSA) is 67.9 Å². The Kier molecular flexibility index (Phi) is 6.58. The molecule has 0 bridgehead atoms. The molecule has 0 fully saturated rings. The standard InChI is InChI=1S/C26H25FN2O4/c1-3-23-26(31)29(15-17-6-4-9-22(12-17)32-2)16-19-14-21(10-11-24(19)33-23)28-25(30)18-7-5-8-20(27)13-18/h4-14,23H,3,15-16H2,1-2H3,(H,28,30)/t23-/m1/s1. The van der Waals surface area contributed by atoms with Crippen molar-refractivity contribution in [3.63, 3.8) is 0 Å². The van der Waals surface area contributed by atoms with Gasteiger partial charge in [-0.15, -0.1) is 0 Å². The van der Waals surface area contributed by atoms with Crippen molar-refractivity contribution in [2.45, 2.75) is 32.5 Å². The van der Waals surface area contributed by atoms with Gasteiger partial charge in [0.15, 0.2) is 6.10 Å². The van der Waals surface area contributed by atoms with Gasteiger partial charge in [0, 0.05) is 29.9 Å². The van der Waals surface area contributed by atoms with E-state index in [9.17, 15) is 14.0 Å². The van der Waals surface area contributed by atoms with Crippen LogP contribution in [-0.2, 0) is 17.9 Å². The number of nitrogens with zero attached hydrogens (tertiary/aromatic N) is 1. The number of halogens is 1. The zero-order valence-corrected chi connectivity index (χ0v) is 18.5. The first kappa shape index (κ1) is 22.3. The first-order valence-corrected chi connectivity index (χ1v) is 10.7. The third-order valence-electron chi connectivity index (χ3n) is 5.50. The highest BCUT2D eigenvalue weighted by Crippen LogP contribution is 2.30. The maximum atomic E-state index is 13.5. The molecular weight excluding hydrogens is 423 g/mol. The summed E-state index contributed by atoms with van der Waals surface area (Å²) in [5.74, 6) is 0.338. The van der Waals surface area contributed by atoms with E-state index in [0.717, 1.165) is 16.9 Å². The van der Waals surface area contributed by atoms with Crippen molar-refractivity contribution in [3.05, 3.63) is 89.2 Å².